The summed E-state index contributed by atoms with van der Waals surface area (Å²) in [6.45, 7) is 10.2. The Kier molecular flexibility index (Phi) is 10.5. The van der Waals surface area contributed by atoms with Crippen LogP contribution in [0.15, 0.2) is 52.9 Å². The van der Waals surface area contributed by atoms with Gasteiger partial charge in [0, 0.05) is 101 Å². The van der Waals surface area contributed by atoms with Gasteiger partial charge in [-0.3, -0.25) is 9.48 Å². The van der Waals surface area contributed by atoms with E-state index in [4.69, 9.17) is 5.10 Å². The van der Waals surface area contributed by atoms with Crippen LogP contribution in [0.5, 0.6) is 0 Å². The number of carboxylic acid groups (broad SMARTS) is 1. The fourth-order valence-corrected chi connectivity index (χ4v) is 9.27. The zero-order chi connectivity index (χ0) is 39.1. The molecule has 6 heterocycles. The zero-order valence-electron chi connectivity index (χ0n) is 32.6. The molecule has 3 fully saturated rings. The second-order valence-corrected chi connectivity index (χ2v) is 16.5. The second-order valence-electron chi connectivity index (χ2n) is 16.5. The molecule has 2 aromatic heterocycles. The van der Waals surface area contributed by atoms with Gasteiger partial charge in [-0.05, 0) is 105 Å². The molecule has 4 aliphatic heterocycles. The van der Waals surface area contributed by atoms with Crippen molar-refractivity contribution in [2.45, 2.75) is 77.7 Å². The average molecular weight is 771 g/mol. The highest BCUT2D eigenvalue weighted by atomic mass is 19.3. The number of likely N-dealkylation sites (tertiary alicyclic amines) is 1. The van der Waals surface area contributed by atoms with Gasteiger partial charge in [-0.25, -0.2) is 13.6 Å². The molecule has 0 bridgehead atoms. The Morgan fingerprint density at radius 1 is 1.05 bits per heavy atom. The smallest absolute Gasteiger partial charge is 0.356 e. The maximum atomic E-state index is 14.7. The highest BCUT2D eigenvalue weighted by Gasteiger charge is 2.52. The Morgan fingerprint density at radius 3 is 2.52 bits per heavy atom. The first-order valence-electron chi connectivity index (χ1n) is 20.0. The third-order valence-corrected chi connectivity index (χ3v) is 12.8. The number of aromatic nitrogens is 4. The summed E-state index contributed by atoms with van der Waals surface area (Å²) < 4.78 is 31.1. The minimum atomic E-state index is -2.67. The van der Waals surface area contributed by atoms with E-state index in [1.165, 1.54) is 18.9 Å². The lowest BCUT2D eigenvalue weighted by atomic mass is 9.81. The number of anilines is 2. The normalized spacial score (nSPS) is 21.9. The summed E-state index contributed by atoms with van der Waals surface area (Å²) in [5, 5.41) is 26.7. The molecule has 15 heteroatoms. The number of alkyl halides is 2. The lowest BCUT2D eigenvalue weighted by Crippen LogP contribution is -2.49. The van der Waals surface area contributed by atoms with Gasteiger partial charge in [0.1, 0.15) is 0 Å². The van der Waals surface area contributed by atoms with Crippen molar-refractivity contribution in [3.05, 3.63) is 64.6 Å². The molecule has 1 unspecified atom stereocenters. The molecule has 56 heavy (non-hydrogen) atoms. The van der Waals surface area contributed by atoms with E-state index in [2.05, 4.69) is 42.3 Å². The van der Waals surface area contributed by atoms with E-state index >= 15 is 0 Å². The minimum Gasteiger partial charge on any atom is -0.476 e. The summed E-state index contributed by atoms with van der Waals surface area (Å²) in [7, 11) is 1.79. The highest BCUT2D eigenvalue weighted by Crippen LogP contribution is 2.56. The van der Waals surface area contributed by atoms with Crippen molar-refractivity contribution in [2.24, 2.45) is 23.5 Å². The first-order chi connectivity index (χ1) is 27.0. The van der Waals surface area contributed by atoms with Gasteiger partial charge in [-0.2, -0.15) is 10.2 Å². The number of fused-ring (bicyclic) bond motifs is 1. The number of hydrogen-bond acceptors (Lipinski definition) is 9. The number of carbonyl (C=O) groups excluding carboxylic acids is 1. The number of aryl methyl sites for hydroxylation is 2. The Bertz CT molecular complexity index is 2020. The molecule has 5 aliphatic rings. The van der Waals surface area contributed by atoms with Gasteiger partial charge in [-0.1, -0.05) is 5.57 Å². The first-order valence-corrected chi connectivity index (χ1v) is 20.0. The number of benzene rings is 1. The van der Waals surface area contributed by atoms with Crippen LogP contribution in [0.1, 0.15) is 86.8 Å². The molecule has 2 saturated heterocycles. The quantitative estimate of drug-likeness (QED) is 0.163. The fraction of sp³-hybridized carbons (Fsp3) is 0.561. The highest BCUT2D eigenvalue weighted by molar-refractivity contribution is 6.11. The summed E-state index contributed by atoms with van der Waals surface area (Å²) in [6.07, 6.45) is 8.43. The van der Waals surface area contributed by atoms with Crippen LogP contribution < -0.4 is 15.2 Å². The number of carbonyl (C=O) groups is 2. The molecule has 1 spiro atoms. The zero-order valence-corrected chi connectivity index (χ0v) is 32.6. The van der Waals surface area contributed by atoms with Crippen molar-refractivity contribution in [1.82, 2.24) is 35.2 Å². The van der Waals surface area contributed by atoms with Gasteiger partial charge in [-0.15, -0.1) is 10.2 Å². The summed E-state index contributed by atoms with van der Waals surface area (Å²) in [6, 6.07) is 7.02. The predicted octanol–water partition coefficient (Wildman–Crippen LogP) is 5.51. The number of carboxylic acids is 1. The van der Waals surface area contributed by atoms with Crippen LogP contribution in [0.2, 0.25) is 0 Å². The standard InChI is InChI=1S/C41H52F2N10O3/c1-26-8-17-51(27(2)54)24-34(26)39(53-14-4-5-28-19-32(29-21-44-49(3)22-29)33(38(42)43)20-36(28)53)48-45-31-10-15-50(16-11-31)23-30-9-18-52(25-41(30)12-13-41)37-7-6-35(40(55)56)46-47-37/h6-7,19-22,30-31,38,45H,4-5,8-18,23-25H2,1-3H3,(H,55,56)/b48-39+. The molecule has 1 saturated carbocycles. The predicted molar refractivity (Wildman–Crippen MR) is 210 cm³/mol. The number of hydrogen-bond donors (Lipinski definition) is 2. The van der Waals surface area contributed by atoms with Crippen LogP contribution >= 0.6 is 0 Å². The van der Waals surface area contributed by atoms with Crippen molar-refractivity contribution in [2.75, 3.05) is 62.2 Å². The van der Waals surface area contributed by atoms with Crippen molar-refractivity contribution >= 4 is 29.2 Å². The number of nitrogens with one attached hydrogen (secondary N) is 1. The van der Waals surface area contributed by atoms with Gasteiger partial charge in [0.15, 0.2) is 17.3 Å². The van der Waals surface area contributed by atoms with Crippen LogP contribution in [-0.2, 0) is 18.3 Å². The number of aromatic carboxylic acids is 1. The van der Waals surface area contributed by atoms with E-state index in [9.17, 15) is 23.5 Å². The Hall–Kier alpha value is -4.92. The first kappa shape index (κ1) is 38.0. The number of rotatable bonds is 9. The fourth-order valence-electron chi connectivity index (χ4n) is 9.27. The number of hydrazone groups is 1. The van der Waals surface area contributed by atoms with Crippen LogP contribution in [0.3, 0.4) is 0 Å². The number of piperidine rings is 2. The van der Waals surface area contributed by atoms with Crippen LogP contribution in [-0.4, -0.2) is 111 Å². The SMILES string of the molecule is CC(=O)N1CCC(C)=C(/C(=N\NC2CCN(CC3CCN(c4ccc(C(=O)O)nn4)CC34CC4)CC2)N2CCCc3cc(-c4cnn(C)c4)c(C(F)F)cc32)C1. The van der Waals surface area contributed by atoms with Gasteiger partial charge < -0.3 is 30.1 Å². The Labute approximate surface area is 326 Å². The van der Waals surface area contributed by atoms with Gasteiger partial charge >= 0.3 is 5.97 Å². The van der Waals surface area contributed by atoms with Crippen LogP contribution in [0.25, 0.3) is 11.1 Å². The number of halogens is 2. The third kappa shape index (κ3) is 7.74. The topological polar surface area (TPSA) is 135 Å². The van der Waals surface area contributed by atoms with Crippen molar-refractivity contribution in [3.63, 3.8) is 0 Å². The molecule has 1 aliphatic carbocycles. The van der Waals surface area contributed by atoms with E-state index < -0.39 is 12.4 Å². The molecular weight excluding hydrogens is 719 g/mol. The average Bonchev–Trinajstić information content (AvgIpc) is 3.83. The summed E-state index contributed by atoms with van der Waals surface area (Å²) >= 11 is 0. The number of amides is 1. The number of amidine groups is 1. The molecular formula is C41H52F2N10O3. The van der Waals surface area contributed by atoms with Gasteiger partial charge in [0.2, 0.25) is 5.91 Å². The molecule has 8 rings (SSSR count). The van der Waals surface area contributed by atoms with Gasteiger partial charge in [0.05, 0.1) is 6.20 Å². The number of nitrogens with zero attached hydrogens (tertiary/aromatic N) is 9. The molecule has 0 radical (unpaired) electrons. The maximum Gasteiger partial charge on any atom is 0.356 e. The molecule has 1 aromatic carbocycles. The molecule has 13 nitrogen and oxygen atoms in total. The summed E-state index contributed by atoms with van der Waals surface area (Å²) in [5.74, 6) is 1.00. The van der Waals surface area contributed by atoms with Crippen LogP contribution in [0.4, 0.5) is 20.3 Å². The lowest BCUT2D eigenvalue weighted by Gasteiger charge is -2.43. The molecule has 1 amide bonds. The van der Waals surface area contributed by atoms with E-state index in [1.807, 2.05) is 11.0 Å². The molecule has 298 valence electrons. The molecule has 2 N–H and O–H groups in total. The van der Waals surface area contributed by atoms with E-state index in [1.54, 1.807) is 43.2 Å². The van der Waals surface area contributed by atoms with Crippen molar-refractivity contribution in [1.29, 1.82) is 0 Å². The van der Waals surface area contributed by atoms with Gasteiger partial charge in [0.25, 0.3) is 6.43 Å². The monoisotopic (exact) mass is 770 g/mol. The molecule has 3 aromatic rings. The molecule has 1 atom stereocenters. The van der Waals surface area contributed by atoms with Crippen molar-refractivity contribution in [3.8, 4) is 11.1 Å². The third-order valence-electron chi connectivity index (χ3n) is 12.8. The van der Waals surface area contributed by atoms with E-state index in [-0.39, 0.29) is 28.6 Å². The Morgan fingerprint density at radius 2 is 1.86 bits per heavy atom. The summed E-state index contributed by atoms with van der Waals surface area (Å²) in [4.78, 5) is 32.6. The largest absolute Gasteiger partial charge is 0.476 e. The summed E-state index contributed by atoms with van der Waals surface area (Å²) in [5.41, 5.74) is 8.82. The Balaban J connectivity index is 0.976. The second kappa shape index (κ2) is 15.5. The van der Waals surface area contributed by atoms with E-state index in [0.29, 0.717) is 36.7 Å². The minimum absolute atomic E-state index is 0.0107. The van der Waals surface area contributed by atoms with Crippen molar-refractivity contribution < 1.29 is 23.5 Å². The lowest BCUT2D eigenvalue weighted by molar-refractivity contribution is -0.128. The van der Waals surface area contributed by atoms with E-state index in [0.717, 1.165) is 105 Å². The van der Waals surface area contributed by atoms with Crippen LogP contribution in [0, 0.1) is 11.3 Å². The maximum absolute atomic E-state index is 14.7.